The molecule has 1 fully saturated rings. The zero-order chi connectivity index (χ0) is 15.0. The van der Waals surface area contributed by atoms with Gasteiger partial charge in [-0.15, -0.1) is 0 Å². The number of aliphatic hydroxyl groups is 2. The molecule has 21 heavy (non-hydrogen) atoms. The van der Waals surface area contributed by atoms with Crippen molar-refractivity contribution in [2.45, 2.75) is 24.9 Å². The maximum Gasteiger partial charge on any atom is 0.351 e. The van der Waals surface area contributed by atoms with Crippen LogP contribution in [0.1, 0.15) is 12.6 Å². The van der Waals surface area contributed by atoms with E-state index in [2.05, 4.69) is 4.98 Å². The summed E-state index contributed by atoms with van der Waals surface area (Å²) in [5.74, 6) is 0.0925. The Hall–Kier alpha value is -2.16. The lowest BCUT2D eigenvalue weighted by Crippen LogP contribution is -2.28. The van der Waals surface area contributed by atoms with Gasteiger partial charge in [-0.3, -0.25) is 4.57 Å². The Morgan fingerprint density at radius 2 is 2.33 bits per heavy atom. The van der Waals surface area contributed by atoms with Crippen molar-refractivity contribution in [3.05, 3.63) is 35.3 Å². The summed E-state index contributed by atoms with van der Waals surface area (Å²) in [6.07, 6.45) is 2.46. The molecule has 0 spiro atoms. The van der Waals surface area contributed by atoms with Gasteiger partial charge in [0.15, 0.2) is 0 Å². The molecule has 0 aliphatic carbocycles. The second kappa shape index (κ2) is 5.32. The normalized spacial score (nSPS) is 25.3. The molecule has 4 N–H and O–H groups in total. The highest BCUT2D eigenvalue weighted by Gasteiger charge is 2.35. The van der Waals surface area contributed by atoms with Gasteiger partial charge in [-0.25, -0.2) is 4.79 Å². The third-order valence-electron chi connectivity index (χ3n) is 3.51. The number of rotatable bonds is 3. The highest BCUT2D eigenvalue weighted by atomic mass is 16.5. The van der Waals surface area contributed by atoms with E-state index in [1.807, 2.05) is 0 Å². The number of nitrogens with two attached hydrogens (primary N) is 1. The highest BCUT2D eigenvalue weighted by molar-refractivity contribution is 5.71. The predicted molar refractivity (Wildman–Crippen MR) is 72.2 cm³/mol. The number of aliphatic hydroxyl groups excluding tert-OH is 2. The number of hydrogen-bond donors (Lipinski definition) is 3. The first-order chi connectivity index (χ1) is 10.1. The van der Waals surface area contributed by atoms with Gasteiger partial charge in [0, 0.05) is 23.7 Å². The molecule has 0 unspecified atom stereocenters. The molecular formula is C13H15N3O5. The predicted octanol–water partition coefficient (Wildman–Crippen LogP) is -0.274. The minimum absolute atomic E-state index is 0.0925. The number of furan rings is 1. The number of nitrogen functional groups attached to an aromatic ring is 1. The van der Waals surface area contributed by atoms with Crippen molar-refractivity contribution in [2.24, 2.45) is 0 Å². The van der Waals surface area contributed by atoms with Crippen molar-refractivity contribution < 1.29 is 19.4 Å². The minimum Gasteiger partial charge on any atom is -0.472 e. The third-order valence-corrected chi connectivity index (χ3v) is 3.51. The maximum absolute atomic E-state index is 12.0. The van der Waals surface area contributed by atoms with Crippen molar-refractivity contribution in [1.29, 1.82) is 0 Å². The molecule has 0 aromatic carbocycles. The summed E-state index contributed by atoms with van der Waals surface area (Å²) >= 11 is 0. The number of aromatic nitrogens is 2. The van der Waals surface area contributed by atoms with Gasteiger partial charge in [0.05, 0.1) is 25.2 Å². The van der Waals surface area contributed by atoms with Gasteiger partial charge in [-0.05, 0) is 6.07 Å². The van der Waals surface area contributed by atoms with E-state index in [4.69, 9.17) is 20.0 Å². The molecule has 0 saturated carbocycles. The zero-order valence-electron chi connectivity index (χ0n) is 11.0. The quantitative estimate of drug-likeness (QED) is 0.711. The van der Waals surface area contributed by atoms with Crippen molar-refractivity contribution in [2.75, 3.05) is 12.3 Å². The first-order valence-electron chi connectivity index (χ1n) is 6.45. The average Bonchev–Trinajstić information content (AvgIpc) is 3.08. The number of anilines is 1. The van der Waals surface area contributed by atoms with Crippen molar-refractivity contribution in [3.8, 4) is 11.1 Å². The van der Waals surface area contributed by atoms with Gasteiger partial charge in [-0.1, -0.05) is 0 Å². The molecule has 0 amide bonds. The van der Waals surface area contributed by atoms with Crippen LogP contribution < -0.4 is 11.4 Å². The number of nitrogens with zero attached hydrogens (tertiary/aromatic N) is 2. The summed E-state index contributed by atoms with van der Waals surface area (Å²) < 4.78 is 11.7. The Morgan fingerprint density at radius 3 is 2.95 bits per heavy atom. The summed E-state index contributed by atoms with van der Waals surface area (Å²) in [4.78, 5) is 15.7. The lowest BCUT2D eigenvalue weighted by Gasteiger charge is -2.15. The summed E-state index contributed by atoms with van der Waals surface area (Å²) in [5.41, 5.74) is 6.41. The van der Waals surface area contributed by atoms with Crippen LogP contribution >= 0.6 is 0 Å². The summed E-state index contributed by atoms with van der Waals surface area (Å²) in [7, 11) is 0. The van der Waals surface area contributed by atoms with Crippen LogP contribution in [-0.4, -0.2) is 38.6 Å². The van der Waals surface area contributed by atoms with Crippen LogP contribution in [0.25, 0.3) is 11.1 Å². The molecule has 8 heteroatoms. The Bertz CT molecular complexity index is 682. The summed E-state index contributed by atoms with van der Waals surface area (Å²) in [6, 6.07) is 1.70. The van der Waals surface area contributed by atoms with E-state index >= 15 is 0 Å². The minimum atomic E-state index is -0.832. The van der Waals surface area contributed by atoms with Gasteiger partial charge >= 0.3 is 5.69 Å². The van der Waals surface area contributed by atoms with E-state index in [0.29, 0.717) is 11.1 Å². The van der Waals surface area contributed by atoms with E-state index < -0.39 is 24.1 Å². The summed E-state index contributed by atoms with van der Waals surface area (Å²) in [6.45, 7) is -0.316. The first-order valence-corrected chi connectivity index (χ1v) is 6.45. The fraction of sp³-hybridized carbons (Fsp3) is 0.385. The van der Waals surface area contributed by atoms with Gasteiger partial charge in [0.1, 0.15) is 18.1 Å². The molecule has 8 nitrogen and oxygen atoms in total. The van der Waals surface area contributed by atoms with Crippen molar-refractivity contribution >= 4 is 5.82 Å². The van der Waals surface area contributed by atoms with Crippen molar-refractivity contribution in [3.63, 3.8) is 0 Å². The molecule has 1 saturated heterocycles. The molecule has 3 heterocycles. The highest BCUT2D eigenvalue weighted by Crippen LogP contribution is 2.30. The maximum atomic E-state index is 12.0. The summed E-state index contributed by atoms with van der Waals surface area (Å²) in [5, 5.41) is 18.9. The molecule has 2 aromatic heterocycles. The Morgan fingerprint density at radius 1 is 1.52 bits per heavy atom. The van der Waals surface area contributed by atoms with Gasteiger partial charge in [0.25, 0.3) is 0 Å². The van der Waals surface area contributed by atoms with Crippen LogP contribution in [0.15, 0.2) is 34.0 Å². The van der Waals surface area contributed by atoms with Gasteiger partial charge in [-0.2, -0.15) is 4.98 Å². The molecule has 3 atom stereocenters. The molecule has 3 rings (SSSR count). The zero-order valence-corrected chi connectivity index (χ0v) is 11.0. The standard InChI is InChI=1S/C13H15N3O5/c14-12-8(7-1-2-20-6-7)4-16(13(19)15-12)11-3-9(18)10(5-17)21-11/h1-2,4,6,9-11,17-18H,3,5H2,(H2,14,15,19)/t9-,10+,11+/m0/s1. The fourth-order valence-electron chi connectivity index (χ4n) is 2.38. The van der Waals surface area contributed by atoms with E-state index in [-0.39, 0.29) is 18.8 Å². The van der Waals surface area contributed by atoms with Crippen LogP contribution in [0.3, 0.4) is 0 Å². The average molecular weight is 293 g/mol. The van der Waals surface area contributed by atoms with Crippen LogP contribution in [0.5, 0.6) is 0 Å². The second-order valence-corrected chi connectivity index (χ2v) is 4.86. The van der Waals surface area contributed by atoms with E-state index in [1.54, 1.807) is 6.07 Å². The number of ether oxygens (including phenoxy) is 1. The van der Waals surface area contributed by atoms with E-state index in [1.165, 1.54) is 23.3 Å². The van der Waals surface area contributed by atoms with Crippen LogP contribution in [0.2, 0.25) is 0 Å². The van der Waals surface area contributed by atoms with Crippen LogP contribution in [0, 0.1) is 0 Å². The Balaban J connectivity index is 2.00. The van der Waals surface area contributed by atoms with E-state index in [9.17, 15) is 9.90 Å². The number of hydrogen-bond acceptors (Lipinski definition) is 7. The third kappa shape index (κ3) is 2.44. The molecule has 1 aliphatic rings. The van der Waals surface area contributed by atoms with Gasteiger partial charge < -0.3 is 25.1 Å². The Kier molecular flexibility index (Phi) is 3.50. The SMILES string of the molecule is Nc1nc(=O)n([C@H]2C[C@H](O)[C@@H](CO)O2)cc1-c1ccoc1. The molecule has 0 bridgehead atoms. The van der Waals surface area contributed by atoms with Gasteiger partial charge in [0.2, 0.25) is 0 Å². The van der Waals surface area contributed by atoms with E-state index in [0.717, 1.165) is 0 Å². The largest absolute Gasteiger partial charge is 0.472 e. The molecule has 112 valence electrons. The van der Waals surface area contributed by atoms with Crippen LogP contribution in [-0.2, 0) is 4.74 Å². The van der Waals surface area contributed by atoms with Crippen LogP contribution in [0.4, 0.5) is 5.82 Å². The molecule has 1 aliphatic heterocycles. The topological polar surface area (TPSA) is 124 Å². The lowest BCUT2D eigenvalue weighted by molar-refractivity contribution is -0.0458. The monoisotopic (exact) mass is 293 g/mol. The molecule has 2 aromatic rings. The molecular weight excluding hydrogens is 278 g/mol. The Labute approximate surface area is 119 Å². The van der Waals surface area contributed by atoms with Crippen molar-refractivity contribution in [1.82, 2.24) is 9.55 Å². The smallest absolute Gasteiger partial charge is 0.351 e. The second-order valence-electron chi connectivity index (χ2n) is 4.86. The first kappa shape index (κ1) is 13.8. The molecule has 0 radical (unpaired) electrons. The fourth-order valence-corrected chi connectivity index (χ4v) is 2.38. The lowest BCUT2D eigenvalue weighted by atomic mass is 10.1.